The Morgan fingerprint density at radius 2 is 2.19 bits per heavy atom. The summed E-state index contributed by atoms with van der Waals surface area (Å²) in [5.41, 5.74) is 0. The van der Waals surface area contributed by atoms with E-state index >= 15 is 0 Å². The second kappa shape index (κ2) is 8.51. The third-order valence-electron chi connectivity index (χ3n) is 3.13. The van der Waals surface area contributed by atoms with Crippen LogP contribution in [0.2, 0.25) is 0 Å². The van der Waals surface area contributed by atoms with Crippen LogP contribution in [-0.4, -0.2) is 18.5 Å². The van der Waals surface area contributed by atoms with Gasteiger partial charge in [-0.2, -0.15) is 0 Å². The van der Waals surface area contributed by atoms with Gasteiger partial charge in [0, 0.05) is 19.4 Å². The molecule has 1 rings (SSSR count). The molecule has 0 aromatic heterocycles. The lowest BCUT2D eigenvalue weighted by Crippen LogP contribution is -2.08. The molecule has 0 spiro atoms. The molecule has 1 saturated heterocycles. The van der Waals surface area contributed by atoms with E-state index in [-0.39, 0.29) is 0 Å². The molecular formula is C14H24O2. The molecule has 1 heterocycles. The van der Waals surface area contributed by atoms with Gasteiger partial charge in [0.1, 0.15) is 5.78 Å². The molecule has 0 N–H and O–H groups in total. The first-order chi connectivity index (χ1) is 7.83. The van der Waals surface area contributed by atoms with E-state index in [0.29, 0.717) is 18.3 Å². The van der Waals surface area contributed by atoms with Crippen molar-refractivity contribution in [3.8, 4) is 0 Å². The molecule has 0 bridgehead atoms. The Labute approximate surface area is 99.1 Å². The number of Topliss-reactive ketones (excluding diaryl/α,β-unsaturated/α-hetero) is 1. The molecule has 0 aromatic rings. The highest BCUT2D eigenvalue weighted by Crippen LogP contribution is 2.17. The van der Waals surface area contributed by atoms with Crippen molar-refractivity contribution in [3.63, 3.8) is 0 Å². The van der Waals surface area contributed by atoms with Gasteiger partial charge in [0.05, 0.1) is 6.10 Å². The van der Waals surface area contributed by atoms with Crippen molar-refractivity contribution in [3.05, 3.63) is 12.7 Å². The summed E-state index contributed by atoms with van der Waals surface area (Å²) < 4.78 is 5.50. The Morgan fingerprint density at radius 3 is 2.88 bits per heavy atom. The molecule has 1 unspecified atom stereocenters. The number of allylic oxidation sites excluding steroid dienone is 1. The minimum absolute atomic E-state index is 0.365. The lowest BCUT2D eigenvalue weighted by Gasteiger charge is -2.07. The Kier molecular flexibility index (Phi) is 7.15. The number of ether oxygens (including phenoxy) is 1. The Balaban J connectivity index is 1.91. The number of ketones is 1. The number of hydrogen-bond acceptors (Lipinski definition) is 2. The molecule has 92 valence electrons. The molecule has 0 saturated carbocycles. The maximum atomic E-state index is 11.6. The van der Waals surface area contributed by atoms with Crippen molar-refractivity contribution in [2.24, 2.45) is 0 Å². The van der Waals surface area contributed by atoms with Crippen LogP contribution in [0.15, 0.2) is 12.7 Å². The number of unbranched alkanes of at least 4 members (excludes halogenated alkanes) is 3. The van der Waals surface area contributed by atoms with Gasteiger partial charge in [0.15, 0.2) is 0 Å². The van der Waals surface area contributed by atoms with Crippen LogP contribution in [0, 0.1) is 0 Å². The third-order valence-corrected chi connectivity index (χ3v) is 3.13. The molecule has 16 heavy (non-hydrogen) atoms. The van der Waals surface area contributed by atoms with E-state index in [9.17, 15) is 4.79 Å². The maximum Gasteiger partial charge on any atom is 0.133 e. The molecule has 2 heteroatoms. The van der Waals surface area contributed by atoms with Crippen molar-refractivity contribution >= 4 is 5.78 Å². The fraction of sp³-hybridized carbons (Fsp3) is 0.786. The fourth-order valence-electron chi connectivity index (χ4n) is 2.11. The van der Waals surface area contributed by atoms with E-state index in [1.807, 2.05) is 6.08 Å². The standard InChI is InChI=1S/C14H24O2/c1-2-3-4-5-6-8-13(15)10-11-14-9-7-12-16-14/h2,14H,1,3-12H2. The molecule has 0 aliphatic carbocycles. The van der Waals surface area contributed by atoms with Crippen LogP contribution in [-0.2, 0) is 9.53 Å². The SMILES string of the molecule is C=CCCCCCC(=O)CCC1CCCO1. The van der Waals surface area contributed by atoms with Crippen molar-refractivity contribution in [2.75, 3.05) is 6.61 Å². The zero-order chi connectivity index (χ0) is 11.6. The monoisotopic (exact) mass is 224 g/mol. The van der Waals surface area contributed by atoms with Crippen LogP contribution >= 0.6 is 0 Å². The van der Waals surface area contributed by atoms with Gasteiger partial charge in [-0.15, -0.1) is 6.58 Å². The second-order valence-corrected chi connectivity index (χ2v) is 4.60. The summed E-state index contributed by atoms with van der Waals surface area (Å²) in [5, 5.41) is 0. The number of rotatable bonds is 9. The molecule has 1 fully saturated rings. The van der Waals surface area contributed by atoms with Gasteiger partial charge in [-0.05, 0) is 38.5 Å². The van der Waals surface area contributed by atoms with Crippen molar-refractivity contribution in [1.82, 2.24) is 0 Å². The van der Waals surface area contributed by atoms with Gasteiger partial charge in [-0.1, -0.05) is 12.5 Å². The fourth-order valence-corrected chi connectivity index (χ4v) is 2.11. The molecule has 0 aromatic carbocycles. The summed E-state index contributed by atoms with van der Waals surface area (Å²) in [6.45, 7) is 4.58. The first-order valence-corrected chi connectivity index (χ1v) is 6.57. The largest absolute Gasteiger partial charge is 0.378 e. The summed E-state index contributed by atoms with van der Waals surface area (Å²) in [6.07, 6.45) is 11.5. The molecule has 1 atom stereocenters. The Hall–Kier alpha value is -0.630. The molecule has 0 radical (unpaired) electrons. The first kappa shape index (κ1) is 13.4. The van der Waals surface area contributed by atoms with E-state index in [2.05, 4.69) is 6.58 Å². The van der Waals surface area contributed by atoms with Crippen LogP contribution in [0.3, 0.4) is 0 Å². The summed E-state index contributed by atoms with van der Waals surface area (Å²) >= 11 is 0. The van der Waals surface area contributed by atoms with Gasteiger partial charge < -0.3 is 4.74 Å². The maximum absolute atomic E-state index is 11.6. The molecular weight excluding hydrogens is 200 g/mol. The van der Waals surface area contributed by atoms with Crippen LogP contribution in [0.4, 0.5) is 0 Å². The predicted octanol–water partition coefficient (Wildman–Crippen LogP) is 3.65. The highest BCUT2D eigenvalue weighted by atomic mass is 16.5. The summed E-state index contributed by atoms with van der Waals surface area (Å²) in [6, 6.07) is 0. The highest BCUT2D eigenvalue weighted by Gasteiger charge is 2.16. The summed E-state index contributed by atoms with van der Waals surface area (Å²) in [7, 11) is 0. The number of hydrogen-bond donors (Lipinski definition) is 0. The van der Waals surface area contributed by atoms with Gasteiger partial charge in [0.2, 0.25) is 0 Å². The number of carbonyl (C=O) groups is 1. The lowest BCUT2D eigenvalue weighted by molar-refractivity contribution is -0.119. The van der Waals surface area contributed by atoms with E-state index in [1.165, 1.54) is 12.8 Å². The van der Waals surface area contributed by atoms with E-state index in [0.717, 1.165) is 45.1 Å². The molecule has 1 aliphatic heterocycles. The van der Waals surface area contributed by atoms with Crippen LogP contribution in [0.5, 0.6) is 0 Å². The molecule has 1 aliphatic rings. The second-order valence-electron chi connectivity index (χ2n) is 4.60. The minimum Gasteiger partial charge on any atom is -0.378 e. The lowest BCUT2D eigenvalue weighted by atomic mass is 10.0. The summed E-state index contributed by atoms with van der Waals surface area (Å²) in [5.74, 6) is 0.411. The number of carbonyl (C=O) groups excluding carboxylic acids is 1. The van der Waals surface area contributed by atoms with Gasteiger partial charge in [-0.25, -0.2) is 0 Å². The summed E-state index contributed by atoms with van der Waals surface area (Å²) in [4.78, 5) is 11.6. The molecule has 2 nitrogen and oxygen atoms in total. The van der Waals surface area contributed by atoms with Crippen LogP contribution < -0.4 is 0 Å². The van der Waals surface area contributed by atoms with Gasteiger partial charge in [0.25, 0.3) is 0 Å². The van der Waals surface area contributed by atoms with E-state index in [1.54, 1.807) is 0 Å². The Bertz CT molecular complexity index is 205. The van der Waals surface area contributed by atoms with Crippen molar-refractivity contribution in [1.29, 1.82) is 0 Å². The molecule has 0 amide bonds. The average molecular weight is 224 g/mol. The van der Waals surface area contributed by atoms with Crippen LogP contribution in [0.25, 0.3) is 0 Å². The first-order valence-electron chi connectivity index (χ1n) is 6.57. The predicted molar refractivity (Wildman–Crippen MR) is 66.5 cm³/mol. The zero-order valence-corrected chi connectivity index (χ0v) is 10.2. The van der Waals surface area contributed by atoms with E-state index < -0.39 is 0 Å². The Morgan fingerprint density at radius 1 is 1.31 bits per heavy atom. The third kappa shape index (κ3) is 6.06. The topological polar surface area (TPSA) is 26.3 Å². The zero-order valence-electron chi connectivity index (χ0n) is 10.2. The van der Waals surface area contributed by atoms with Gasteiger partial charge in [-0.3, -0.25) is 4.79 Å². The van der Waals surface area contributed by atoms with Crippen LogP contribution in [0.1, 0.15) is 57.8 Å². The van der Waals surface area contributed by atoms with Crippen molar-refractivity contribution in [2.45, 2.75) is 63.9 Å². The quantitative estimate of drug-likeness (QED) is 0.441. The average Bonchev–Trinajstić information content (AvgIpc) is 2.79. The minimum atomic E-state index is 0.365. The van der Waals surface area contributed by atoms with Gasteiger partial charge >= 0.3 is 0 Å². The smallest absolute Gasteiger partial charge is 0.133 e. The van der Waals surface area contributed by atoms with Crippen molar-refractivity contribution < 1.29 is 9.53 Å². The van der Waals surface area contributed by atoms with E-state index in [4.69, 9.17) is 4.74 Å². The normalized spacial score (nSPS) is 19.9. The highest BCUT2D eigenvalue weighted by molar-refractivity contribution is 5.78.